The number of carbonyl (C=O) groups is 1. The fraction of sp³-hybridized carbons (Fsp3) is 0.700. The average molecular weight is 319 g/mol. The first-order valence-corrected chi connectivity index (χ1v) is 8.91. The highest BCUT2D eigenvalue weighted by molar-refractivity contribution is 7.92. The molecule has 0 aliphatic heterocycles. The first-order valence-electron chi connectivity index (χ1n) is 6.20. The third-order valence-corrected chi connectivity index (χ3v) is 4.56. The van der Waals surface area contributed by atoms with E-state index in [1.54, 1.807) is 0 Å². The Morgan fingerprint density at radius 2 is 2.10 bits per heavy atom. The summed E-state index contributed by atoms with van der Waals surface area (Å²) in [6.07, 6.45) is 4.36. The molecule has 1 amide bonds. The molecule has 10 heteroatoms. The van der Waals surface area contributed by atoms with Gasteiger partial charge in [-0.1, -0.05) is 17.8 Å². The number of nitrogens with zero attached hydrogens (tertiary/aromatic N) is 2. The number of rotatable bonds is 5. The lowest BCUT2D eigenvalue weighted by molar-refractivity contribution is -0.117. The van der Waals surface area contributed by atoms with Crippen molar-refractivity contribution in [3.8, 4) is 0 Å². The number of anilines is 2. The van der Waals surface area contributed by atoms with E-state index in [1.165, 1.54) is 0 Å². The molecule has 20 heavy (non-hydrogen) atoms. The zero-order chi connectivity index (χ0) is 14.8. The average Bonchev–Trinajstić information content (AvgIpc) is 2.87. The van der Waals surface area contributed by atoms with Gasteiger partial charge >= 0.3 is 0 Å². The van der Waals surface area contributed by atoms with E-state index in [1.807, 2.05) is 0 Å². The van der Waals surface area contributed by atoms with Crippen LogP contribution in [0.1, 0.15) is 25.7 Å². The Bertz CT molecular complexity index is 585. The highest BCUT2D eigenvalue weighted by Crippen LogP contribution is 2.27. The predicted octanol–water partition coefficient (Wildman–Crippen LogP) is 0.366. The molecule has 0 spiro atoms. The molecule has 1 fully saturated rings. The van der Waals surface area contributed by atoms with Gasteiger partial charge in [-0.2, -0.15) is 0 Å². The zero-order valence-electron chi connectivity index (χ0n) is 11.0. The maximum Gasteiger partial charge on any atom is 0.231 e. The number of aromatic nitrogens is 2. The van der Waals surface area contributed by atoms with Gasteiger partial charge in [0, 0.05) is 12.5 Å². The molecule has 2 atom stereocenters. The van der Waals surface area contributed by atoms with Gasteiger partial charge < -0.3 is 11.1 Å². The summed E-state index contributed by atoms with van der Waals surface area (Å²) < 4.78 is 24.3. The fourth-order valence-electron chi connectivity index (χ4n) is 2.20. The van der Waals surface area contributed by atoms with Crippen LogP contribution in [0.4, 0.5) is 10.3 Å². The summed E-state index contributed by atoms with van der Waals surface area (Å²) >= 11 is 0.971. The maximum absolute atomic E-state index is 11.8. The van der Waals surface area contributed by atoms with Gasteiger partial charge in [0.2, 0.25) is 26.2 Å². The highest BCUT2D eigenvalue weighted by Gasteiger charge is 2.26. The standard InChI is InChI=1S/C10H17N5O3S2/c1-20(17,18)15-10-14-13-9(19-10)12-8(16)5-6-3-2-4-7(6)11/h6-7H,2-5,11H2,1H3,(H,14,15)(H,12,13,16)/t6-,7+/m0/s1. The Balaban J connectivity index is 1.88. The summed E-state index contributed by atoms with van der Waals surface area (Å²) in [6, 6.07) is 0.0811. The molecule has 1 heterocycles. The Morgan fingerprint density at radius 3 is 2.70 bits per heavy atom. The number of carbonyl (C=O) groups excluding carboxylic acids is 1. The molecule has 0 radical (unpaired) electrons. The van der Waals surface area contributed by atoms with Crippen molar-refractivity contribution >= 4 is 37.5 Å². The van der Waals surface area contributed by atoms with Gasteiger partial charge in [0.05, 0.1) is 6.26 Å². The zero-order valence-corrected chi connectivity index (χ0v) is 12.6. The Hall–Kier alpha value is -1.26. The Labute approximate surface area is 121 Å². The minimum atomic E-state index is -3.39. The molecule has 1 saturated carbocycles. The summed E-state index contributed by atoms with van der Waals surface area (Å²) in [4.78, 5) is 11.8. The Morgan fingerprint density at radius 1 is 1.40 bits per heavy atom. The van der Waals surface area contributed by atoms with E-state index in [-0.39, 0.29) is 28.1 Å². The second kappa shape index (κ2) is 6.02. The van der Waals surface area contributed by atoms with E-state index in [4.69, 9.17) is 5.73 Å². The minimum Gasteiger partial charge on any atom is -0.327 e. The van der Waals surface area contributed by atoms with E-state index in [0.717, 1.165) is 36.9 Å². The molecule has 1 aromatic rings. The summed E-state index contributed by atoms with van der Waals surface area (Å²) in [5, 5.41) is 10.4. The number of nitrogens with one attached hydrogen (secondary N) is 2. The topological polar surface area (TPSA) is 127 Å². The van der Waals surface area contributed by atoms with Crippen molar-refractivity contribution in [3.63, 3.8) is 0 Å². The summed E-state index contributed by atoms with van der Waals surface area (Å²) in [6.45, 7) is 0. The largest absolute Gasteiger partial charge is 0.327 e. The van der Waals surface area contributed by atoms with Crippen molar-refractivity contribution in [3.05, 3.63) is 0 Å². The molecule has 8 nitrogen and oxygen atoms in total. The number of hydrogen-bond acceptors (Lipinski definition) is 7. The van der Waals surface area contributed by atoms with Gasteiger partial charge in [-0.25, -0.2) is 8.42 Å². The predicted molar refractivity (Wildman–Crippen MR) is 76.9 cm³/mol. The van der Waals surface area contributed by atoms with E-state index >= 15 is 0 Å². The van der Waals surface area contributed by atoms with Crippen LogP contribution in [0.2, 0.25) is 0 Å². The van der Waals surface area contributed by atoms with E-state index in [9.17, 15) is 13.2 Å². The van der Waals surface area contributed by atoms with Crippen LogP contribution in [0.5, 0.6) is 0 Å². The van der Waals surface area contributed by atoms with Crippen LogP contribution in [-0.4, -0.2) is 36.8 Å². The van der Waals surface area contributed by atoms with Gasteiger partial charge in [-0.3, -0.25) is 9.52 Å². The van der Waals surface area contributed by atoms with Crippen LogP contribution >= 0.6 is 11.3 Å². The summed E-state index contributed by atoms with van der Waals surface area (Å²) in [5.41, 5.74) is 5.91. The third kappa shape index (κ3) is 4.39. The number of hydrogen-bond donors (Lipinski definition) is 3. The molecular weight excluding hydrogens is 302 g/mol. The quantitative estimate of drug-likeness (QED) is 0.719. The molecule has 1 aromatic heterocycles. The van der Waals surface area contributed by atoms with Gasteiger partial charge in [-0.15, -0.1) is 10.2 Å². The number of sulfonamides is 1. The van der Waals surface area contributed by atoms with Gasteiger partial charge in [0.15, 0.2) is 0 Å². The monoisotopic (exact) mass is 319 g/mol. The lowest BCUT2D eigenvalue weighted by Crippen LogP contribution is -2.28. The SMILES string of the molecule is CS(=O)(=O)Nc1nnc(NC(=O)C[C@@H]2CCC[C@H]2N)s1. The molecule has 0 saturated heterocycles. The normalized spacial score (nSPS) is 22.7. The van der Waals surface area contributed by atoms with Crippen molar-refractivity contribution in [1.82, 2.24) is 10.2 Å². The molecule has 0 bridgehead atoms. The van der Waals surface area contributed by atoms with Crippen molar-refractivity contribution in [2.75, 3.05) is 16.3 Å². The molecule has 0 unspecified atom stereocenters. The molecule has 112 valence electrons. The third-order valence-electron chi connectivity index (χ3n) is 3.11. The van der Waals surface area contributed by atoms with Crippen LogP contribution in [-0.2, 0) is 14.8 Å². The van der Waals surface area contributed by atoms with Gasteiger partial charge in [-0.05, 0) is 18.8 Å². The second-order valence-electron chi connectivity index (χ2n) is 4.89. The molecule has 2 rings (SSSR count). The van der Waals surface area contributed by atoms with E-state index < -0.39 is 10.0 Å². The number of nitrogens with two attached hydrogens (primary N) is 1. The fourth-order valence-corrected chi connectivity index (χ4v) is 3.69. The molecule has 1 aliphatic rings. The first kappa shape index (κ1) is 15.1. The van der Waals surface area contributed by atoms with Gasteiger partial charge in [0.1, 0.15) is 0 Å². The van der Waals surface area contributed by atoms with Crippen molar-refractivity contribution in [2.45, 2.75) is 31.7 Å². The van der Waals surface area contributed by atoms with Crippen molar-refractivity contribution in [2.24, 2.45) is 11.7 Å². The lowest BCUT2D eigenvalue weighted by atomic mass is 10.00. The smallest absolute Gasteiger partial charge is 0.231 e. The van der Waals surface area contributed by atoms with Crippen molar-refractivity contribution in [1.29, 1.82) is 0 Å². The molecular formula is C10H17N5O3S2. The van der Waals surface area contributed by atoms with Gasteiger partial charge in [0.25, 0.3) is 0 Å². The number of amides is 1. The van der Waals surface area contributed by atoms with Crippen LogP contribution in [0.15, 0.2) is 0 Å². The van der Waals surface area contributed by atoms with E-state index in [2.05, 4.69) is 20.2 Å². The van der Waals surface area contributed by atoms with Crippen LogP contribution in [0.25, 0.3) is 0 Å². The van der Waals surface area contributed by atoms with Crippen LogP contribution in [0.3, 0.4) is 0 Å². The van der Waals surface area contributed by atoms with Crippen LogP contribution < -0.4 is 15.8 Å². The molecule has 0 aromatic carbocycles. The van der Waals surface area contributed by atoms with E-state index in [0.29, 0.717) is 6.42 Å². The van der Waals surface area contributed by atoms with Crippen molar-refractivity contribution < 1.29 is 13.2 Å². The summed E-state index contributed by atoms with van der Waals surface area (Å²) in [7, 11) is -3.39. The molecule has 4 N–H and O–H groups in total. The summed E-state index contributed by atoms with van der Waals surface area (Å²) in [5.74, 6) is 0.0333. The van der Waals surface area contributed by atoms with Crippen LogP contribution in [0, 0.1) is 5.92 Å². The second-order valence-corrected chi connectivity index (χ2v) is 7.62. The maximum atomic E-state index is 11.8. The molecule has 1 aliphatic carbocycles. The minimum absolute atomic E-state index is 0.0811. The lowest BCUT2D eigenvalue weighted by Gasteiger charge is -2.13. The Kier molecular flexibility index (Phi) is 4.55. The highest BCUT2D eigenvalue weighted by atomic mass is 32.2. The first-order chi connectivity index (χ1) is 9.33.